The maximum atomic E-state index is 12.1. The molecule has 0 bridgehead atoms. The van der Waals surface area contributed by atoms with Crippen molar-refractivity contribution in [3.05, 3.63) is 64.9 Å². The van der Waals surface area contributed by atoms with Crippen molar-refractivity contribution in [1.29, 1.82) is 0 Å². The van der Waals surface area contributed by atoms with Gasteiger partial charge in [-0.25, -0.2) is 4.98 Å². The van der Waals surface area contributed by atoms with Crippen LogP contribution >= 0.6 is 23.2 Å². The molecule has 6 heteroatoms. The van der Waals surface area contributed by atoms with Crippen molar-refractivity contribution in [2.75, 3.05) is 17.2 Å². The minimum absolute atomic E-state index is 0.287. The van der Waals surface area contributed by atoms with Crippen molar-refractivity contribution in [2.45, 2.75) is 0 Å². The fourth-order valence-electron chi connectivity index (χ4n) is 1.60. The first-order valence-corrected chi connectivity index (χ1v) is 6.93. The number of aromatic nitrogens is 1. The van der Waals surface area contributed by atoms with E-state index in [1.807, 2.05) is 0 Å². The summed E-state index contributed by atoms with van der Waals surface area (Å²) in [6, 6.07) is 8.25. The molecular weight excluding hydrogens is 309 g/mol. The van der Waals surface area contributed by atoms with Gasteiger partial charge in [-0.15, -0.1) is 6.58 Å². The summed E-state index contributed by atoms with van der Waals surface area (Å²) in [7, 11) is 0. The Morgan fingerprint density at radius 1 is 1.29 bits per heavy atom. The first-order valence-electron chi connectivity index (χ1n) is 6.17. The first-order chi connectivity index (χ1) is 10.1. The van der Waals surface area contributed by atoms with E-state index < -0.39 is 0 Å². The van der Waals surface area contributed by atoms with Gasteiger partial charge in [0.2, 0.25) is 0 Å². The monoisotopic (exact) mass is 321 g/mol. The van der Waals surface area contributed by atoms with Crippen LogP contribution in [0.2, 0.25) is 10.0 Å². The van der Waals surface area contributed by atoms with E-state index in [0.717, 1.165) is 5.69 Å². The molecule has 2 N–H and O–H groups in total. The number of hydrogen-bond donors (Lipinski definition) is 2. The molecule has 0 saturated heterocycles. The topological polar surface area (TPSA) is 54.0 Å². The van der Waals surface area contributed by atoms with Crippen molar-refractivity contribution in [3.8, 4) is 0 Å². The number of amides is 1. The molecule has 21 heavy (non-hydrogen) atoms. The Hall–Kier alpha value is -2.04. The van der Waals surface area contributed by atoms with E-state index in [-0.39, 0.29) is 11.6 Å². The molecular formula is C15H13Cl2N3O. The number of nitrogens with zero attached hydrogens (tertiary/aromatic N) is 1. The quantitative estimate of drug-likeness (QED) is 0.810. The third-order valence-electron chi connectivity index (χ3n) is 2.62. The Kier molecular flexibility index (Phi) is 5.20. The summed E-state index contributed by atoms with van der Waals surface area (Å²) in [6.45, 7) is 4.24. The second-order valence-corrected chi connectivity index (χ2v) is 5.02. The van der Waals surface area contributed by atoms with E-state index in [4.69, 9.17) is 23.2 Å². The van der Waals surface area contributed by atoms with Crippen molar-refractivity contribution in [3.63, 3.8) is 0 Å². The number of anilines is 2. The lowest BCUT2D eigenvalue weighted by Crippen LogP contribution is -2.14. The molecule has 0 atom stereocenters. The lowest BCUT2D eigenvalue weighted by molar-refractivity contribution is 0.102. The van der Waals surface area contributed by atoms with E-state index >= 15 is 0 Å². The van der Waals surface area contributed by atoms with E-state index in [0.29, 0.717) is 22.3 Å². The molecule has 0 unspecified atom stereocenters. The summed E-state index contributed by atoms with van der Waals surface area (Å²) < 4.78 is 0. The second-order valence-electron chi connectivity index (χ2n) is 4.18. The summed E-state index contributed by atoms with van der Waals surface area (Å²) in [5.41, 5.74) is 1.55. The maximum Gasteiger partial charge on any atom is 0.274 e. The fraction of sp³-hybridized carbons (Fsp3) is 0.0667. The molecule has 0 saturated carbocycles. The van der Waals surface area contributed by atoms with Gasteiger partial charge in [-0.05, 0) is 30.3 Å². The highest BCUT2D eigenvalue weighted by atomic mass is 35.5. The zero-order valence-corrected chi connectivity index (χ0v) is 12.6. The lowest BCUT2D eigenvalue weighted by atomic mass is 10.2. The number of pyridine rings is 1. The summed E-state index contributed by atoms with van der Waals surface area (Å²) in [5.74, 6) is -0.352. The molecule has 1 aromatic carbocycles. The minimum atomic E-state index is -0.352. The number of carbonyl (C=O) groups is 1. The van der Waals surface area contributed by atoms with Gasteiger partial charge < -0.3 is 10.6 Å². The smallest absolute Gasteiger partial charge is 0.274 e. The molecule has 1 heterocycles. The first kappa shape index (κ1) is 15.4. The van der Waals surface area contributed by atoms with Gasteiger partial charge >= 0.3 is 0 Å². The molecule has 0 fully saturated rings. The molecule has 2 rings (SSSR count). The van der Waals surface area contributed by atoms with Crippen molar-refractivity contribution < 1.29 is 4.79 Å². The van der Waals surface area contributed by atoms with Gasteiger partial charge in [-0.1, -0.05) is 29.3 Å². The number of benzene rings is 1. The zero-order chi connectivity index (χ0) is 15.2. The van der Waals surface area contributed by atoms with Gasteiger partial charge in [-0.3, -0.25) is 4.79 Å². The number of halogens is 2. The van der Waals surface area contributed by atoms with Gasteiger partial charge in [-0.2, -0.15) is 0 Å². The number of rotatable bonds is 5. The highest BCUT2D eigenvalue weighted by molar-refractivity contribution is 6.35. The molecule has 0 radical (unpaired) electrons. The summed E-state index contributed by atoms with van der Waals surface area (Å²) in [5, 5.41) is 6.66. The highest BCUT2D eigenvalue weighted by Crippen LogP contribution is 2.25. The van der Waals surface area contributed by atoms with Crippen LogP contribution in [0.3, 0.4) is 0 Å². The molecule has 0 spiro atoms. The largest absolute Gasteiger partial charge is 0.380 e. The van der Waals surface area contributed by atoms with E-state index in [1.165, 1.54) is 0 Å². The van der Waals surface area contributed by atoms with E-state index in [2.05, 4.69) is 22.2 Å². The van der Waals surface area contributed by atoms with Gasteiger partial charge in [0.05, 0.1) is 22.6 Å². The molecule has 1 amide bonds. The summed E-state index contributed by atoms with van der Waals surface area (Å²) >= 11 is 11.9. The number of carbonyl (C=O) groups excluding carboxylic acids is 1. The van der Waals surface area contributed by atoms with Gasteiger partial charge in [0.1, 0.15) is 5.69 Å². The van der Waals surface area contributed by atoms with Crippen LogP contribution in [-0.2, 0) is 0 Å². The van der Waals surface area contributed by atoms with E-state index in [9.17, 15) is 4.79 Å². The minimum Gasteiger partial charge on any atom is -0.380 e. The number of nitrogens with one attached hydrogen (secondary N) is 2. The Bertz CT molecular complexity index is 656. The zero-order valence-electron chi connectivity index (χ0n) is 11.1. The van der Waals surface area contributed by atoms with Crippen LogP contribution in [0, 0.1) is 0 Å². The maximum absolute atomic E-state index is 12.1. The molecule has 1 aromatic heterocycles. The fourth-order valence-corrected chi connectivity index (χ4v) is 1.94. The highest BCUT2D eigenvalue weighted by Gasteiger charge is 2.10. The Morgan fingerprint density at radius 3 is 2.76 bits per heavy atom. The third kappa shape index (κ3) is 4.21. The lowest BCUT2D eigenvalue weighted by Gasteiger charge is -2.08. The van der Waals surface area contributed by atoms with Crippen LogP contribution in [-0.4, -0.2) is 17.4 Å². The number of hydrogen-bond acceptors (Lipinski definition) is 3. The average molecular weight is 322 g/mol. The molecule has 108 valence electrons. The molecule has 0 aliphatic carbocycles. The average Bonchev–Trinajstić information content (AvgIpc) is 2.49. The molecule has 0 aliphatic rings. The third-order valence-corrected chi connectivity index (χ3v) is 3.19. The predicted molar refractivity (Wildman–Crippen MR) is 87.3 cm³/mol. The summed E-state index contributed by atoms with van der Waals surface area (Å²) in [6.07, 6.45) is 3.32. The van der Waals surface area contributed by atoms with Gasteiger partial charge in [0.25, 0.3) is 5.91 Å². The van der Waals surface area contributed by atoms with Crippen LogP contribution < -0.4 is 10.6 Å². The van der Waals surface area contributed by atoms with E-state index in [1.54, 1.807) is 42.6 Å². The molecule has 2 aromatic rings. The second kappa shape index (κ2) is 7.11. The van der Waals surface area contributed by atoms with Crippen LogP contribution in [0.25, 0.3) is 0 Å². The Morgan fingerprint density at radius 2 is 2.10 bits per heavy atom. The van der Waals surface area contributed by atoms with Gasteiger partial charge in [0, 0.05) is 11.6 Å². The SMILES string of the molecule is C=CCNc1ccc(C(=O)Nc2cc(Cl)ccc2Cl)nc1. The van der Waals surface area contributed by atoms with Gasteiger partial charge in [0.15, 0.2) is 0 Å². The van der Waals surface area contributed by atoms with Crippen molar-refractivity contribution >= 4 is 40.5 Å². The van der Waals surface area contributed by atoms with Crippen LogP contribution in [0.1, 0.15) is 10.5 Å². The molecule has 4 nitrogen and oxygen atoms in total. The summed E-state index contributed by atoms with van der Waals surface area (Å²) in [4.78, 5) is 16.2. The van der Waals surface area contributed by atoms with Crippen LogP contribution in [0.4, 0.5) is 11.4 Å². The predicted octanol–water partition coefficient (Wildman–Crippen LogP) is 4.24. The van der Waals surface area contributed by atoms with Crippen LogP contribution in [0.15, 0.2) is 49.2 Å². The Labute approximate surface area is 132 Å². The van der Waals surface area contributed by atoms with Crippen LogP contribution in [0.5, 0.6) is 0 Å². The normalized spacial score (nSPS) is 10.0. The standard InChI is InChI=1S/C15H13Cl2N3O/c1-2-7-18-11-4-6-13(19-9-11)15(21)20-14-8-10(16)3-5-12(14)17/h2-6,8-9,18H,1,7H2,(H,20,21). The van der Waals surface area contributed by atoms with Crippen molar-refractivity contribution in [1.82, 2.24) is 4.98 Å². The van der Waals surface area contributed by atoms with Crippen molar-refractivity contribution in [2.24, 2.45) is 0 Å². The molecule has 0 aliphatic heterocycles. The Balaban J connectivity index is 2.09.